The zero-order chi connectivity index (χ0) is 6.69. The van der Waals surface area contributed by atoms with Gasteiger partial charge in [0.1, 0.15) is 0 Å². The maximum absolute atomic E-state index is 2.34. The zero-order valence-corrected chi connectivity index (χ0v) is 7.02. The van der Waals surface area contributed by atoms with E-state index in [1.807, 2.05) is 0 Å². The molecule has 1 rings (SSSR count). The normalized spacial score (nSPS) is 25.1. The Bertz CT molecular complexity index is 185. The Morgan fingerprint density at radius 1 is 1.44 bits per heavy atom. The smallest absolute Gasteiger partial charge is 0.0306 e. The van der Waals surface area contributed by atoms with E-state index in [-0.39, 0.29) is 7.55 Å². The highest BCUT2D eigenvalue weighted by atomic mass is 31.1. The van der Waals surface area contributed by atoms with Crippen molar-refractivity contribution in [3.63, 3.8) is 0 Å². The lowest BCUT2D eigenvalue weighted by Gasteiger charge is -2.04. The van der Waals surface area contributed by atoms with Crippen LogP contribution in [0.15, 0.2) is 24.0 Å². The van der Waals surface area contributed by atoms with Gasteiger partial charge in [-0.3, -0.25) is 0 Å². The zero-order valence-electron chi connectivity index (χ0n) is 6.02. The van der Waals surface area contributed by atoms with Crippen LogP contribution in [0.4, 0.5) is 0 Å². The van der Waals surface area contributed by atoms with Crippen molar-refractivity contribution in [3.8, 4) is 0 Å². The Kier molecular flexibility index (Phi) is 2.36. The fraction of sp³-hybridized carbons (Fsp3) is 0.375. The summed E-state index contributed by atoms with van der Waals surface area (Å²) in [6.07, 6.45) is 7.78. The number of hydrogen-bond acceptors (Lipinski definition) is 0. The largest absolute Gasteiger partial charge is 0.0969 e. The van der Waals surface area contributed by atoms with Crippen LogP contribution in [-0.2, 0) is 0 Å². The van der Waals surface area contributed by atoms with Gasteiger partial charge in [-0.1, -0.05) is 38.5 Å². The molecule has 0 aromatic carbocycles. The first-order chi connectivity index (χ1) is 4.34. The van der Waals surface area contributed by atoms with E-state index < -0.39 is 0 Å². The highest BCUT2D eigenvalue weighted by Gasteiger charge is 1.93. The van der Waals surface area contributed by atoms with Gasteiger partial charge in [-0.2, -0.15) is 0 Å². The molecule has 1 heteroatoms. The number of rotatable bonds is 1. The summed E-state index contributed by atoms with van der Waals surface area (Å²) in [7, 11) is -0.233. The maximum Gasteiger partial charge on any atom is -0.0306 e. The van der Waals surface area contributed by atoms with Crippen molar-refractivity contribution in [1.82, 2.24) is 0 Å². The van der Waals surface area contributed by atoms with Crippen molar-refractivity contribution in [1.29, 1.82) is 0 Å². The third-order valence-electron chi connectivity index (χ3n) is 1.64. The summed E-state index contributed by atoms with van der Waals surface area (Å²) in [5.41, 5.74) is 0. The molecule has 0 N–H and O–H groups in total. The van der Waals surface area contributed by atoms with E-state index in [4.69, 9.17) is 0 Å². The molecule has 1 atom stereocenters. The molecule has 50 valence electrons. The first-order valence-electron chi connectivity index (χ1n) is 3.39. The predicted molar refractivity (Wildman–Crippen MR) is 47.8 cm³/mol. The Hall–Kier alpha value is -0.220. The van der Waals surface area contributed by atoms with Crippen LogP contribution in [0.2, 0.25) is 0 Å². The summed E-state index contributed by atoms with van der Waals surface area (Å²) in [5.74, 6) is 2.34. The van der Waals surface area contributed by atoms with Gasteiger partial charge >= 0.3 is 0 Å². The summed E-state index contributed by atoms with van der Waals surface area (Å²) >= 11 is 0. The quantitative estimate of drug-likeness (QED) is 0.491. The molecule has 1 unspecified atom stereocenters. The third-order valence-corrected chi connectivity index (χ3v) is 3.87. The number of hydrogen-bond donors (Lipinski definition) is 0. The Balaban J connectivity index is 2.88. The lowest BCUT2D eigenvalue weighted by atomic mass is 10.3. The highest BCUT2D eigenvalue weighted by molar-refractivity contribution is 7.61. The monoisotopic (exact) mass is 140 g/mol. The second kappa shape index (κ2) is 3.08. The van der Waals surface area contributed by atoms with Gasteiger partial charge in [0.25, 0.3) is 0 Å². The second-order valence-corrected chi connectivity index (χ2v) is 4.62. The van der Waals surface area contributed by atoms with Gasteiger partial charge in [0, 0.05) is 0 Å². The summed E-state index contributed by atoms with van der Waals surface area (Å²) in [5, 5.41) is 1.64. The van der Waals surface area contributed by atoms with Crippen molar-refractivity contribution < 1.29 is 0 Å². The summed E-state index contributed by atoms with van der Waals surface area (Å²) in [4.78, 5) is 0. The molecule has 0 nitrogen and oxygen atoms in total. The lowest BCUT2D eigenvalue weighted by molar-refractivity contribution is 1.32. The molecule has 0 fully saturated rings. The van der Waals surface area contributed by atoms with Gasteiger partial charge < -0.3 is 0 Å². The van der Waals surface area contributed by atoms with Gasteiger partial charge in [-0.05, 0) is 18.4 Å². The van der Waals surface area contributed by atoms with E-state index >= 15 is 0 Å². The minimum Gasteiger partial charge on any atom is -0.0969 e. The van der Waals surface area contributed by atoms with Crippen LogP contribution in [0.5, 0.6) is 0 Å². The van der Waals surface area contributed by atoms with Crippen LogP contribution < -0.4 is 0 Å². The maximum atomic E-state index is 2.34. The molecule has 9 heavy (non-hydrogen) atoms. The molecule has 0 aromatic heterocycles. The second-order valence-electron chi connectivity index (χ2n) is 2.28. The Labute approximate surface area is 57.7 Å². The van der Waals surface area contributed by atoms with E-state index in [0.717, 1.165) is 0 Å². The molecular formula is C8H13P. The highest BCUT2D eigenvalue weighted by Crippen LogP contribution is 2.26. The third kappa shape index (κ3) is 1.59. The Morgan fingerprint density at radius 3 is 2.67 bits per heavy atom. The van der Waals surface area contributed by atoms with Gasteiger partial charge in [-0.25, -0.2) is 0 Å². The van der Waals surface area contributed by atoms with Crippen molar-refractivity contribution in [3.05, 3.63) is 24.0 Å². The van der Waals surface area contributed by atoms with Crippen LogP contribution in [0, 0.1) is 0 Å². The molecule has 1 heterocycles. The van der Waals surface area contributed by atoms with Crippen LogP contribution in [-0.4, -0.2) is 12.0 Å². The lowest BCUT2D eigenvalue weighted by Crippen LogP contribution is -1.88. The van der Waals surface area contributed by atoms with Crippen molar-refractivity contribution in [2.24, 2.45) is 0 Å². The molecule has 1 aliphatic heterocycles. The SMILES string of the molecule is CCC1=[PH](C)C=CC=C1. The molecule has 0 saturated heterocycles. The van der Waals surface area contributed by atoms with Crippen LogP contribution in [0.3, 0.4) is 0 Å². The minimum absolute atomic E-state index is 0.233. The molecular weight excluding hydrogens is 127 g/mol. The van der Waals surface area contributed by atoms with E-state index in [9.17, 15) is 0 Å². The van der Waals surface area contributed by atoms with E-state index in [2.05, 4.69) is 37.6 Å². The van der Waals surface area contributed by atoms with Crippen LogP contribution >= 0.6 is 7.55 Å². The molecule has 0 radical (unpaired) electrons. The van der Waals surface area contributed by atoms with Crippen LogP contribution in [0.25, 0.3) is 0 Å². The molecule has 0 aliphatic carbocycles. The molecule has 0 spiro atoms. The first-order valence-corrected chi connectivity index (χ1v) is 5.47. The van der Waals surface area contributed by atoms with Gasteiger partial charge in [0.05, 0.1) is 0 Å². The van der Waals surface area contributed by atoms with Crippen molar-refractivity contribution >= 4 is 12.8 Å². The average Bonchev–Trinajstić information content (AvgIpc) is 1.89. The number of allylic oxidation sites excluding steroid dienone is 3. The molecule has 0 bridgehead atoms. The van der Waals surface area contributed by atoms with Gasteiger partial charge in [0.15, 0.2) is 0 Å². The molecule has 1 aliphatic rings. The predicted octanol–water partition coefficient (Wildman–Crippen LogP) is 2.50. The minimum atomic E-state index is -0.233. The van der Waals surface area contributed by atoms with Crippen LogP contribution in [0.1, 0.15) is 13.3 Å². The molecule has 0 aromatic rings. The topological polar surface area (TPSA) is 0 Å². The van der Waals surface area contributed by atoms with E-state index in [1.165, 1.54) is 6.42 Å². The van der Waals surface area contributed by atoms with Crippen molar-refractivity contribution in [2.75, 3.05) is 6.66 Å². The van der Waals surface area contributed by atoms with Gasteiger partial charge in [0.2, 0.25) is 0 Å². The fourth-order valence-electron chi connectivity index (χ4n) is 1.01. The summed E-state index contributed by atoms with van der Waals surface area (Å²) in [6.45, 7) is 4.57. The van der Waals surface area contributed by atoms with E-state index in [0.29, 0.717) is 0 Å². The first kappa shape index (κ1) is 6.89. The van der Waals surface area contributed by atoms with Crippen molar-refractivity contribution in [2.45, 2.75) is 13.3 Å². The summed E-state index contributed by atoms with van der Waals surface area (Å²) < 4.78 is 0. The molecule has 0 amide bonds. The summed E-state index contributed by atoms with van der Waals surface area (Å²) in [6, 6.07) is 0. The van der Waals surface area contributed by atoms with E-state index in [1.54, 1.807) is 5.29 Å². The average molecular weight is 140 g/mol. The molecule has 0 saturated carbocycles. The van der Waals surface area contributed by atoms with Gasteiger partial charge in [-0.15, -0.1) is 0 Å². The standard InChI is InChI=1S/C8H13P/c1-3-8-6-4-5-7-9(8)2/h4-7,9H,3H2,1-2H3. The fourth-order valence-corrected chi connectivity index (χ4v) is 2.54. The Morgan fingerprint density at radius 2 is 2.22 bits per heavy atom.